The first-order valence-corrected chi connectivity index (χ1v) is 8.02. The molecule has 0 fully saturated rings. The third kappa shape index (κ3) is 3.48. The molecule has 0 bridgehead atoms. The van der Waals surface area contributed by atoms with Gasteiger partial charge in [0.25, 0.3) is 0 Å². The third-order valence-corrected chi connectivity index (χ3v) is 4.48. The van der Waals surface area contributed by atoms with Crippen molar-refractivity contribution in [2.75, 3.05) is 0 Å². The van der Waals surface area contributed by atoms with E-state index in [1.165, 1.54) is 0 Å². The lowest BCUT2D eigenvalue weighted by atomic mass is 9.88. The minimum atomic E-state index is -8.86. The van der Waals surface area contributed by atoms with Crippen LogP contribution in [0, 0.1) is 0 Å². The molecular weight excluding hydrogens is 523 g/mol. The molecule has 188 valence electrons. The molecule has 0 saturated carbocycles. The molecule has 0 aliphatic carbocycles. The molecule has 0 radical (unpaired) electrons. The number of hydrogen-bond acceptors (Lipinski definition) is 2. The van der Waals surface area contributed by atoms with Crippen LogP contribution in [0.15, 0.2) is 0 Å². The minimum Gasteiger partial charge on any atom is -0.281 e. The highest BCUT2D eigenvalue weighted by molar-refractivity contribution is 7.87. The second-order valence-electron chi connectivity index (χ2n) is 5.68. The van der Waals surface area contributed by atoms with Crippen molar-refractivity contribution >= 4 is 10.1 Å². The molecule has 1 unspecified atom stereocenters. The van der Waals surface area contributed by atoms with Crippen molar-refractivity contribution in [3.63, 3.8) is 0 Å². The summed E-state index contributed by atoms with van der Waals surface area (Å²) >= 11 is 0. The number of halogens is 17. The molecule has 0 aromatic heterocycles. The average Bonchev–Trinajstić information content (AvgIpc) is 2.52. The van der Waals surface area contributed by atoms with E-state index >= 15 is 0 Å². The first kappa shape index (κ1) is 29.7. The van der Waals surface area contributed by atoms with Crippen LogP contribution < -0.4 is 0 Å². The minimum absolute atomic E-state index is 0.726. The Labute approximate surface area is 158 Å². The van der Waals surface area contributed by atoms with Crippen molar-refractivity contribution in [1.29, 1.82) is 0 Å². The van der Waals surface area contributed by atoms with E-state index in [1.54, 1.807) is 0 Å². The summed E-state index contributed by atoms with van der Waals surface area (Å²) < 4.78 is 250. The van der Waals surface area contributed by atoms with Crippen LogP contribution in [0.1, 0.15) is 6.92 Å². The highest BCUT2D eigenvalue weighted by atomic mass is 32.2. The molecule has 31 heavy (non-hydrogen) atoms. The molecule has 0 aliphatic heterocycles. The second-order valence-corrected chi connectivity index (χ2v) is 7.14. The van der Waals surface area contributed by atoms with Gasteiger partial charge in [-0.05, 0) is 6.92 Å². The topological polar surface area (TPSA) is 54.4 Å². The van der Waals surface area contributed by atoms with Crippen molar-refractivity contribution in [2.45, 2.75) is 59.8 Å². The molecule has 0 aliphatic rings. The van der Waals surface area contributed by atoms with Gasteiger partial charge in [-0.25, -0.2) is 4.39 Å². The van der Waals surface area contributed by atoms with Crippen LogP contribution in [0.3, 0.4) is 0 Å². The van der Waals surface area contributed by atoms with Crippen molar-refractivity contribution < 1.29 is 87.6 Å². The van der Waals surface area contributed by atoms with Gasteiger partial charge in [-0.1, -0.05) is 0 Å². The molecule has 0 aromatic rings. The summed E-state index contributed by atoms with van der Waals surface area (Å²) in [5.41, 5.74) is 0. The van der Waals surface area contributed by atoms with Crippen molar-refractivity contribution in [3.05, 3.63) is 0 Å². The molecule has 3 nitrogen and oxygen atoms in total. The lowest BCUT2D eigenvalue weighted by molar-refractivity contribution is -0.451. The quantitative estimate of drug-likeness (QED) is 0.328. The van der Waals surface area contributed by atoms with Gasteiger partial charge in [0, 0.05) is 0 Å². The van der Waals surface area contributed by atoms with E-state index in [0.717, 1.165) is 0 Å². The molecule has 21 heteroatoms. The van der Waals surface area contributed by atoms with E-state index in [0.29, 0.717) is 0 Å². The highest BCUT2D eigenvalue weighted by Gasteiger charge is 2.96. The van der Waals surface area contributed by atoms with Gasteiger partial charge >= 0.3 is 56.8 Å². The molecule has 0 rings (SSSR count). The fourth-order valence-corrected chi connectivity index (χ4v) is 2.04. The largest absolute Gasteiger partial charge is 0.438 e. The van der Waals surface area contributed by atoms with E-state index in [2.05, 4.69) is 0 Å². The van der Waals surface area contributed by atoms with E-state index in [4.69, 9.17) is 4.55 Å². The van der Waals surface area contributed by atoms with Crippen LogP contribution in [0.2, 0.25) is 0 Å². The maximum Gasteiger partial charge on any atom is 0.438 e. The Morgan fingerprint density at radius 1 is 0.548 bits per heavy atom. The third-order valence-electron chi connectivity index (χ3n) is 3.58. The summed E-state index contributed by atoms with van der Waals surface area (Å²) in [7, 11) is -7.89. The Morgan fingerprint density at radius 3 is 1.00 bits per heavy atom. The summed E-state index contributed by atoms with van der Waals surface area (Å²) in [6.07, 6.45) is -4.58. The summed E-state index contributed by atoms with van der Waals surface area (Å²) in [5.74, 6) is -58.5. The zero-order valence-electron chi connectivity index (χ0n) is 13.7. The second kappa shape index (κ2) is 7.11. The first-order chi connectivity index (χ1) is 12.9. The summed E-state index contributed by atoms with van der Waals surface area (Å²) in [4.78, 5) is 0. The van der Waals surface area contributed by atoms with E-state index in [-0.39, 0.29) is 0 Å². The van der Waals surface area contributed by atoms with Crippen molar-refractivity contribution in [1.82, 2.24) is 0 Å². The molecule has 0 spiro atoms. The van der Waals surface area contributed by atoms with Gasteiger partial charge in [-0.2, -0.15) is 78.7 Å². The van der Waals surface area contributed by atoms with Gasteiger partial charge in [0.05, 0.1) is 0 Å². The average molecular weight is 528 g/mol. The first-order valence-electron chi connectivity index (χ1n) is 6.58. The summed E-state index contributed by atoms with van der Waals surface area (Å²) in [6, 6.07) is 0. The number of rotatable bonds is 9. The van der Waals surface area contributed by atoms with Gasteiger partial charge in [0.1, 0.15) is 0 Å². The summed E-state index contributed by atoms with van der Waals surface area (Å²) in [5, 5.41) is -7.84. The molecule has 0 aromatic carbocycles. The van der Waals surface area contributed by atoms with Gasteiger partial charge < -0.3 is 0 Å². The fraction of sp³-hybridized carbons (Fsp3) is 1.00. The Bertz CT molecular complexity index is 784. The predicted molar refractivity (Wildman–Crippen MR) is 61.7 cm³/mol. The van der Waals surface area contributed by atoms with Crippen molar-refractivity contribution in [3.8, 4) is 0 Å². The fourth-order valence-electron chi connectivity index (χ4n) is 1.59. The van der Waals surface area contributed by atoms with Crippen LogP contribution in [0.25, 0.3) is 0 Å². The Hall–Kier alpha value is -1.28. The van der Waals surface area contributed by atoms with Gasteiger partial charge in [-0.3, -0.25) is 4.55 Å². The van der Waals surface area contributed by atoms with Crippen LogP contribution in [0.4, 0.5) is 74.6 Å². The van der Waals surface area contributed by atoms with Crippen LogP contribution >= 0.6 is 0 Å². The lowest BCUT2D eigenvalue weighted by Crippen LogP contribution is -2.75. The smallest absolute Gasteiger partial charge is 0.281 e. The zero-order chi connectivity index (χ0) is 26.1. The summed E-state index contributed by atoms with van der Waals surface area (Å²) in [6.45, 7) is -0.726. The molecule has 0 heterocycles. The highest BCUT2D eigenvalue weighted by Crippen LogP contribution is 2.64. The maximum atomic E-state index is 13.3. The SMILES string of the molecule is CC(F)C(F)(F)C(F)(F)C(F)(F)C(F)(F)C(F)(F)C(F)(F)C(F)(F)C(F)(F)S(=O)(=O)O. The van der Waals surface area contributed by atoms with E-state index in [9.17, 15) is 83.1 Å². The monoisotopic (exact) mass is 528 g/mol. The Morgan fingerprint density at radius 2 is 0.774 bits per heavy atom. The predicted octanol–water partition coefficient (Wildman–Crippen LogP) is 5.27. The molecule has 1 atom stereocenters. The zero-order valence-corrected chi connectivity index (χ0v) is 14.5. The maximum absolute atomic E-state index is 13.3. The van der Waals surface area contributed by atoms with Crippen LogP contribution in [-0.4, -0.2) is 65.9 Å². The molecule has 0 saturated heterocycles. The molecular formula is C10H5F17O3S. The Kier molecular flexibility index (Phi) is 6.81. The van der Waals surface area contributed by atoms with Crippen molar-refractivity contribution in [2.24, 2.45) is 0 Å². The van der Waals surface area contributed by atoms with Gasteiger partial charge in [0.15, 0.2) is 6.17 Å². The van der Waals surface area contributed by atoms with E-state index in [1.807, 2.05) is 0 Å². The van der Waals surface area contributed by atoms with Crippen LogP contribution in [0.5, 0.6) is 0 Å². The molecule has 1 N–H and O–H groups in total. The molecule has 0 amide bonds. The number of hydrogen-bond donors (Lipinski definition) is 1. The lowest BCUT2D eigenvalue weighted by Gasteiger charge is -2.43. The van der Waals surface area contributed by atoms with Gasteiger partial charge in [-0.15, -0.1) is 0 Å². The normalized spacial score (nSPS) is 17.6. The Balaban J connectivity index is 6.98. The van der Waals surface area contributed by atoms with E-state index < -0.39 is 69.9 Å². The van der Waals surface area contributed by atoms with Gasteiger partial charge in [0.2, 0.25) is 0 Å². The standard InChI is InChI=1S/C10H5F17O3S/c1-2(11)3(12,13)4(14,15)5(16,17)6(18,19)7(20,21)8(22,23)9(24,25)10(26,27)31(28,29)30/h2H,1H3,(H,28,29,30). The number of alkyl halides is 17. The van der Waals surface area contributed by atoms with Crippen LogP contribution in [-0.2, 0) is 10.1 Å².